The van der Waals surface area contributed by atoms with E-state index in [1.54, 1.807) is 18.8 Å². The minimum absolute atomic E-state index is 0.0876. The second-order valence-electron chi connectivity index (χ2n) is 5.40. The Morgan fingerprint density at radius 3 is 2.23 bits per heavy atom. The van der Waals surface area contributed by atoms with Gasteiger partial charge in [-0.25, -0.2) is 9.48 Å². The molecule has 22 heavy (non-hydrogen) atoms. The van der Waals surface area contributed by atoms with Gasteiger partial charge in [-0.1, -0.05) is 0 Å². The van der Waals surface area contributed by atoms with Crippen molar-refractivity contribution in [2.24, 2.45) is 7.05 Å². The zero-order chi connectivity index (χ0) is 15.7. The largest absolute Gasteiger partial charge is 0.497 e. The summed E-state index contributed by atoms with van der Waals surface area (Å²) in [5.74, 6) is 1.59. The molecule has 0 radical (unpaired) electrons. The number of methoxy groups -OCH3 is 1. The monoisotopic (exact) mass is 303 g/mol. The number of nitrogens with zero attached hydrogens (tertiary/aromatic N) is 5. The molecule has 1 aliphatic heterocycles. The van der Waals surface area contributed by atoms with Crippen LogP contribution in [-0.2, 0) is 7.05 Å². The first-order valence-corrected chi connectivity index (χ1v) is 7.37. The van der Waals surface area contributed by atoms with Gasteiger partial charge in [0.15, 0.2) is 5.82 Å². The van der Waals surface area contributed by atoms with Crippen LogP contribution in [0.5, 0.6) is 5.75 Å². The average molecular weight is 303 g/mol. The summed E-state index contributed by atoms with van der Waals surface area (Å²) >= 11 is 0. The highest BCUT2D eigenvalue weighted by molar-refractivity contribution is 5.49. The Labute approximate surface area is 129 Å². The number of anilines is 1. The van der Waals surface area contributed by atoms with Crippen molar-refractivity contribution in [3.05, 3.63) is 40.6 Å². The van der Waals surface area contributed by atoms with E-state index in [9.17, 15) is 4.79 Å². The molecule has 0 atom stereocenters. The Morgan fingerprint density at radius 1 is 1.09 bits per heavy atom. The summed E-state index contributed by atoms with van der Waals surface area (Å²) in [5.41, 5.74) is 1.09. The maximum absolute atomic E-state index is 12.1. The van der Waals surface area contributed by atoms with E-state index in [4.69, 9.17) is 4.74 Å². The third-order valence-electron chi connectivity index (χ3n) is 4.04. The van der Waals surface area contributed by atoms with Crippen LogP contribution in [-0.4, -0.2) is 47.7 Å². The summed E-state index contributed by atoms with van der Waals surface area (Å²) in [6.45, 7) is 5.17. The van der Waals surface area contributed by atoms with Gasteiger partial charge in [0.1, 0.15) is 5.75 Å². The second-order valence-corrected chi connectivity index (χ2v) is 5.40. The van der Waals surface area contributed by atoms with Crippen LogP contribution < -0.4 is 20.3 Å². The molecule has 1 aromatic heterocycles. The molecular formula is C15H21N5O2. The van der Waals surface area contributed by atoms with Crippen molar-refractivity contribution in [2.45, 2.75) is 6.92 Å². The predicted octanol–water partition coefficient (Wildman–Crippen LogP) is 0.357. The second kappa shape index (κ2) is 5.75. The standard InChI is InChI=1S/C15H21N5O2/c1-12-16-17(2)15(21)20(12)19-10-8-18(9-11-19)13-4-6-14(22-3)7-5-13/h4-7H,8-11H2,1-3H3. The van der Waals surface area contributed by atoms with E-state index in [1.807, 2.05) is 19.1 Å². The summed E-state index contributed by atoms with van der Waals surface area (Å²) in [6, 6.07) is 8.07. The maximum Gasteiger partial charge on any atom is 0.364 e. The van der Waals surface area contributed by atoms with E-state index >= 15 is 0 Å². The van der Waals surface area contributed by atoms with Gasteiger partial charge in [0.2, 0.25) is 0 Å². The van der Waals surface area contributed by atoms with Crippen molar-refractivity contribution in [2.75, 3.05) is 43.2 Å². The van der Waals surface area contributed by atoms with Gasteiger partial charge in [-0.15, -0.1) is 0 Å². The molecular weight excluding hydrogens is 282 g/mol. The number of aromatic nitrogens is 3. The molecule has 3 rings (SSSR count). The molecule has 2 aromatic rings. The van der Waals surface area contributed by atoms with Crippen LogP contribution in [0.25, 0.3) is 0 Å². The Balaban J connectivity index is 1.70. The molecule has 0 N–H and O–H groups in total. The fourth-order valence-electron chi connectivity index (χ4n) is 2.85. The van der Waals surface area contributed by atoms with Gasteiger partial charge in [-0.2, -0.15) is 9.77 Å². The first-order valence-electron chi connectivity index (χ1n) is 7.37. The smallest absolute Gasteiger partial charge is 0.364 e. The molecule has 1 fully saturated rings. The van der Waals surface area contributed by atoms with Crippen LogP contribution in [0.15, 0.2) is 29.1 Å². The van der Waals surface area contributed by atoms with E-state index in [1.165, 1.54) is 10.4 Å². The summed E-state index contributed by atoms with van der Waals surface area (Å²) in [5, 5.41) is 6.24. The van der Waals surface area contributed by atoms with Crippen molar-refractivity contribution in [3.8, 4) is 5.75 Å². The van der Waals surface area contributed by atoms with Gasteiger partial charge < -0.3 is 14.6 Å². The van der Waals surface area contributed by atoms with Gasteiger partial charge in [-0.05, 0) is 31.2 Å². The lowest BCUT2D eigenvalue weighted by Gasteiger charge is -2.37. The van der Waals surface area contributed by atoms with Crippen LogP contribution in [0.2, 0.25) is 0 Å². The summed E-state index contributed by atoms with van der Waals surface area (Å²) in [7, 11) is 3.35. The quantitative estimate of drug-likeness (QED) is 0.819. The molecule has 7 nitrogen and oxygen atoms in total. The molecule has 0 spiro atoms. The lowest BCUT2D eigenvalue weighted by atomic mass is 10.2. The highest BCUT2D eigenvalue weighted by Gasteiger charge is 2.21. The summed E-state index contributed by atoms with van der Waals surface area (Å²) < 4.78 is 8.24. The first kappa shape index (κ1) is 14.5. The van der Waals surface area contributed by atoms with Gasteiger partial charge in [0, 0.05) is 25.8 Å². The Kier molecular flexibility index (Phi) is 3.79. The average Bonchev–Trinajstić information content (AvgIpc) is 2.80. The number of rotatable bonds is 3. The van der Waals surface area contributed by atoms with Gasteiger partial charge in [-0.3, -0.25) is 0 Å². The zero-order valence-electron chi connectivity index (χ0n) is 13.2. The number of ether oxygens (including phenoxy) is 1. The Morgan fingerprint density at radius 2 is 1.73 bits per heavy atom. The number of piperazine rings is 1. The van der Waals surface area contributed by atoms with E-state index in [2.05, 4.69) is 27.1 Å². The van der Waals surface area contributed by atoms with Crippen LogP contribution in [0.3, 0.4) is 0 Å². The van der Waals surface area contributed by atoms with Crippen LogP contribution >= 0.6 is 0 Å². The molecule has 0 amide bonds. The van der Waals surface area contributed by atoms with Crippen molar-refractivity contribution < 1.29 is 4.74 Å². The van der Waals surface area contributed by atoms with Crippen LogP contribution in [0.4, 0.5) is 5.69 Å². The third-order valence-corrected chi connectivity index (χ3v) is 4.04. The minimum atomic E-state index is -0.0876. The molecule has 1 aliphatic rings. The fraction of sp³-hybridized carbons (Fsp3) is 0.467. The van der Waals surface area contributed by atoms with Crippen LogP contribution in [0, 0.1) is 6.92 Å². The molecule has 0 bridgehead atoms. The molecule has 0 aliphatic carbocycles. The highest BCUT2D eigenvalue weighted by Crippen LogP contribution is 2.20. The fourth-order valence-corrected chi connectivity index (χ4v) is 2.85. The highest BCUT2D eigenvalue weighted by atomic mass is 16.5. The van der Waals surface area contributed by atoms with Gasteiger partial charge >= 0.3 is 5.69 Å². The van der Waals surface area contributed by atoms with E-state index in [-0.39, 0.29) is 5.69 Å². The van der Waals surface area contributed by atoms with Crippen molar-refractivity contribution in [1.82, 2.24) is 14.5 Å². The molecule has 1 aromatic carbocycles. The number of hydrogen-bond donors (Lipinski definition) is 0. The lowest BCUT2D eigenvalue weighted by Crippen LogP contribution is -2.54. The van der Waals surface area contributed by atoms with Crippen LogP contribution in [0.1, 0.15) is 5.82 Å². The molecule has 1 saturated heterocycles. The third kappa shape index (κ3) is 2.54. The van der Waals surface area contributed by atoms with Crippen molar-refractivity contribution in [3.63, 3.8) is 0 Å². The minimum Gasteiger partial charge on any atom is -0.497 e. The molecule has 0 saturated carbocycles. The predicted molar refractivity (Wildman–Crippen MR) is 85.4 cm³/mol. The Bertz CT molecular complexity index is 696. The van der Waals surface area contributed by atoms with Crippen molar-refractivity contribution in [1.29, 1.82) is 0 Å². The normalized spacial score (nSPS) is 15.2. The summed E-state index contributed by atoms with van der Waals surface area (Å²) in [4.78, 5) is 14.4. The van der Waals surface area contributed by atoms with E-state index in [0.29, 0.717) is 0 Å². The van der Waals surface area contributed by atoms with E-state index in [0.717, 1.165) is 37.8 Å². The molecule has 2 heterocycles. The summed E-state index contributed by atoms with van der Waals surface area (Å²) in [6.07, 6.45) is 0. The van der Waals surface area contributed by atoms with Gasteiger partial charge in [0.25, 0.3) is 0 Å². The zero-order valence-corrected chi connectivity index (χ0v) is 13.2. The topological polar surface area (TPSA) is 55.5 Å². The number of benzene rings is 1. The van der Waals surface area contributed by atoms with Gasteiger partial charge in [0.05, 0.1) is 20.2 Å². The number of aryl methyl sites for hydroxylation is 2. The van der Waals surface area contributed by atoms with E-state index < -0.39 is 0 Å². The molecule has 0 unspecified atom stereocenters. The SMILES string of the molecule is COc1ccc(N2CCN(n3c(C)nn(C)c3=O)CC2)cc1. The molecule has 7 heteroatoms. The maximum atomic E-state index is 12.1. The Hall–Kier alpha value is -2.44. The first-order chi connectivity index (χ1) is 10.6. The molecule has 118 valence electrons. The lowest BCUT2D eigenvalue weighted by molar-refractivity contribution is 0.414. The van der Waals surface area contributed by atoms with Crippen molar-refractivity contribution >= 4 is 5.69 Å². The number of hydrogen-bond acceptors (Lipinski definition) is 5.